The van der Waals surface area contributed by atoms with Gasteiger partial charge in [-0.3, -0.25) is 4.90 Å². The Morgan fingerprint density at radius 1 is 1.11 bits per heavy atom. The van der Waals surface area contributed by atoms with Gasteiger partial charge < -0.3 is 5.73 Å². The van der Waals surface area contributed by atoms with Gasteiger partial charge in [0.1, 0.15) is 0 Å². The highest BCUT2D eigenvalue weighted by Gasteiger charge is 2.34. The second-order valence-corrected chi connectivity index (χ2v) is 7.24. The number of likely N-dealkylation sites (tertiary alicyclic amines) is 1. The first-order valence-electron chi connectivity index (χ1n) is 8.61. The summed E-state index contributed by atoms with van der Waals surface area (Å²) < 4.78 is 0. The van der Waals surface area contributed by atoms with Gasteiger partial charge in [0.15, 0.2) is 0 Å². The van der Waals surface area contributed by atoms with Gasteiger partial charge >= 0.3 is 0 Å². The van der Waals surface area contributed by atoms with Crippen molar-refractivity contribution in [3.05, 3.63) is 0 Å². The van der Waals surface area contributed by atoms with Gasteiger partial charge in [0.25, 0.3) is 0 Å². The van der Waals surface area contributed by atoms with Crippen LogP contribution in [0.4, 0.5) is 0 Å². The SMILES string of the molecule is CCC1CCN(C2CCC(C(C)C)CC2)C(CN)C1. The van der Waals surface area contributed by atoms with Gasteiger partial charge in [-0.05, 0) is 62.8 Å². The van der Waals surface area contributed by atoms with E-state index in [1.807, 2.05) is 0 Å². The van der Waals surface area contributed by atoms with Crippen LogP contribution in [-0.2, 0) is 0 Å². The van der Waals surface area contributed by atoms with E-state index >= 15 is 0 Å². The van der Waals surface area contributed by atoms with Crippen molar-refractivity contribution in [2.45, 2.75) is 77.8 Å². The molecule has 0 aromatic heterocycles. The monoisotopic (exact) mass is 266 g/mol. The van der Waals surface area contributed by atoms with E-state index < -0.39 is 0 Å². The molecule has 0 aromatic rings. The quantitative estimate of drug-likeness (QED) is 0.841. The summed E-state index contributed by atoms with van der Waals surface area (Å²) in [7, 11) is 0. The van der Waals surface area contributed by atoms with Crippen LogP contribution in [0.5, 0.6) is 0 Å². The third-order valence-corrected chi connectivity index (χ3v) is 5.87. The highest BCUT2D eigenvalue weighted by Crippen LogP contribution is 2.35. The largest absolute Gasteiger partial charge is 0.329 e. The van der Waals surface area contributed by atoms with E-state index in [-0.39, 0.29) is 0 Å². The molecule has 1 aliphatic carbocycles. The normalized spacial score (nSPS) is 37.7. The number of nitrogens with zero attached hydrogens (tertiary/aromatic N) is 1. The molecule has 2 fully saturated rings. The van der Waals surface area contributed by atoms with Crippen molar-refractivity contribution in [2.24, 2.45) is 23.5 Å². The maximum absolute atomic E-state index is 6.05. The fourth-order valence-corrected chi connectivity index (χ4v) is 4.34. The molecule has 2 atom stereocenters. The first kappa shape index (κ1) is 15.3. The van der Waals surface area contributed by atoms with Crippen LogP contribution in [0.2, 0.25) is 0 Å². The van der Waals surface area contributed by atoms with Crippen molar-refractivity contribution in [1.29, 1.82) is 0 Å². The zero-order chi connectivity index (χ0) is 13.8. The summed E-state index contributed by atoms with van der Waals surface area (Å²) in [4.78, 5) is 2.78. The zero-order valence-electron chi connectivity index (χ0n) is 13.3. The first-order chi connectivity index (χ1) is 9.15. The molecule has 112 valence electrons. The molecule has 2 nitrogen and oxygen atoms in total. The molecule has 0 aromatic carbocycles. The van der Waals surface area contributed by atoms with Crippen LogP contribution >= 0.6 is 0 Å². The van der Waals surface area contributed by atoms with E-state index in [0.29, 0.717) is 6.04 Å². The van der Waals surface area contributed by atoms with E-state index in [1.165, 1.54) is 51.5 Å². The summed E-state index contributed by atoms with van der Waals surface area (Å²) in [5.74, 6) is 2.77. The van der Waals surface area contributed by atoms with Crippen LogP contribution in [-0.4, -0.2) is 30.1 Å². The number of hydrogen-bond donors (Lipinski definition) is 1. The smallest absolute Gasteiger partial charge is 0.0223 e. The summed E-state index contributed by atoms with van der Waals surface area (Å²) in [6, 6.07) is 1.50. The van der Waals surface area contributed by atoms with Crippen LogP contribution in [0, 0.1) is 17.8 Å². The lowest BCUT2D eigenvalue weighted by Crippen LogP contribution is -2.52. The molecule has 2 rings (SSSR count). The minimum Gasteiger partial charge on any atom is -0.329 e. The fourth-order valence-electron chi connectivity index (χ4n) is 4.34. The minimum absolute atomic E-state index is 0.666. The molecule has 1 aliphatic heterocycles. The lowest BCUT2D eigenvalue weighted by Gasteiger charge is -2.46. The molecule has 0 amide bonds. The Hall–Kier alpha value is -0.0800. The molecular weight excluding hydrogens is 232 g/mol. The Bertz CT molecular complexity index is 256. The van der Waals surface area contributed by atoms with Gasteiger partial charge in [-0.1, -0.05) is 27.2 Å². The highest BCUT2D eigenvalue weighted by molar-refractivity contribution is 4.89. The number of piperidine rings is 1. The zero-order valence-corrected chi connectivity index (χ0v) is 13.3. The molecule has 1 saturated heterocycles. The predicted molar refractivity (Wildman–Crippen MR) is 83.1 cm³/mol. The number of nitrogens with two attached hydrogens (primary N) is 1. The Labute approximate surface area is 120 Å². The summed E-state index contributed by atoms with van der Waals surface area (Å²) >= 11 is 0. The number of rotatable bonds is 4. The predicted octanol–water partition coefficient (Wildman–Crippen LogP) is 3.65. The maximum atomic E-state index is 6.05. The Morgan fingerprint density at radius 2 is 1.79 bits per heavy atom. The van der Waals surface area contributed by atoms with Crippen LogP contribution < -0.4 is 5.73 Å². The summed E-state index contributed by atoms with van der Waals surface area (Å²) in [5, 5.41) is 0. The third-order valence-electron chi connectivity index (χ3n) is 5.87. The lowest BCUT2D eigenvalue weighted by atomic mass is 9.78. The van der Waals surface area contributed by atoms with Gasteiger partial charge in [-0.25, -0.2) is 0 Å². The lowest BCUT2D eigenvalue weighted by molar-refractivity contribution is 0.0406. The van der Waals surface area contributed by atoms with E-state index in [9.17, 15) is 0 Å². The van der Waals surface area contributed by atoms with E-state index in [1.54, 1.807) is 0 Å². The molecule has 0 spiro atoms. The second kappa shape index (κ2) is 7.08. The summed E-state index contributed by atoms with van der Waals surface area (Å²) in [5.41, 5.74) is 6.05. The third kappa shape index (κ3) is 3.72. The van der Waals surface area contributed by atoms with Crippen molar-refractivity contribution in [1.82, 2.24) is 4.90 Å². The molecule has 0 bridgehead atoms. The molecule has 1 heterocycles. The highest BCUT2D eigenvalue weighted by atomic mass is 15.2. The molecular formula is C17H34N2. The molecule has 2 aliphatic rings. The molecule has 2 N–H and O–H groups in total. The van der Waals surface area contributed by atoms with E-state index in [0.717, 1.165) is 30.3 Å². The second-order valence-electron chi connectivity index (χ2n) is 7.24. The maximum Gasteiger partial charge on any atom is 0.0223 e. The topological polar surface area (TPSA) is 29.3 Å². The molecule has 1 saturated carbocycles. The number of hydrogen-bond acceptors (Lipinski definition) is 2. The molecule has 2 unspecified atom stereocenters. The fraction of sp³-hybridized carbons (Fsp3) is 1.00. The molecule has 0 radical (unpaired) electrons. The molecule has 2 heteroatoms. The van der Waals surface area contributed by atoms with Gasteiger partial charge in [0, 0.05) is 18.6 Å². The van der Waals surface area contributed by atoms with Crippen molar-refractivity contribution in [3.8, 4) is 0 Å². The van der Waals surface area contributed by atoms with E-state index in [2.05, 4.69) is 25.7 Å². The van der Waals surface area contributed by atoms with Crippen LogP contribution in [0.1, 0.15) is 65.7 Å². The van der Waals surface area contributed by atoms with Gasteiger partial charge in [-0.2, -0.15) is 0 Å². The van der Waals surface area contributed by atoms with E-state index in [4.69, 9.17) is 5.73 Å². The average molecular weight is 266 g/mol. The summed E-state index contributed by atoms with van der Waals surface area (Å²) in [6.45, 7) is 9.28. The summed E-state index contributed by atoms with van der Waals surface area (Å²) in [6.07, 6.45) is 9.78. The van der Waals surface area contributed by atoms with Gasteiger partial charge in [0.05, 0.1) is 0 Å². The minimum atomic E-state index is 0.666. The van der Waals surface area contributed by atoms with Crippen molar-refractivity contribution in [2.75, 3.05) is 13.1 Å². The Kier molecular flexibility index (Phi) is 5.70. The average Bonchev–Trinajstić information content (AvgIpc) is 2.46. The van der Waals surface area contributed by atoms with Crippen LogP contribution in [0.25, 0.3) is 0 Å². The van der Waals surface area contributed by atoms with Gasteiger partial charge in [-0.15, -0.1) is 0 Å². The standard InChI is InChI=1S/C17H34N2/c1-4-14-9-10-19(17(11-14)12-18)16-7-5-15(6-8-16)13(2)3/h13-17H,4-12,18H2,1-3H3. The Balaban J connectivity index is 1.88. The Morgan fingerprint density at radius 3 is 2.32 bits per heavy atom. The van der Waals surface area contributed by atoms with Crippen molar-refractivity contribution in [3.63, 3.8) is 0 Å². The van der Waals surface area contributed by atoms with Crippen LogP contribution in [0.3, 0.4) is 0 Å². The van der Waals surface area contributed by atoms with Crippen LogP contribution in [0.15, 0.2) is 0 Å². The van der Waals surface area contributed by atoms with Gasteiger partial charge in [0.2, 0.25) is 0 Å². The van der Waals surface area contributed by atoms with Crippen molar-refractivity contribution >= 4 is 0 Å². The molecule has 19 heavy (non-hydrogen) atoms. The first-order valence-corrected chi connectivity index (χ1v) is 8.61. The van der Waals surface area contributed by atoms with Crippen molar-refractivity contribution < 1.29 is 0 Å².